The van der Waals surface area contributed by atoms with Crippen LogP contribution in [-0.2, 0) is 10.0 Å². The van der Waals surface area contributed by atoms with Crippen molar-refractivity contribution in [2.24, 2.45) is 5.92 Å². The van der Waals surface area contributed by atoms with Gasteiger partial charge in [0.2, 0.25) is 10.0 Å². The Balaban J connectivity index is 2.00. The van der Waals surface area contributed by atoms with Crippen LogP contribution in [-0.4, -0.2) is 33.4 Å². The molecule has 0 amide bonds. The maximum Gasteiger partial charge on any atom is 0.242 e. The Morgan fingerprint density at radius 2 is 1.85 bits per heavy atom. The topological polar surface area (TPSA) is 49.4 Å². The van der Waals surface area contributed by atoms with Gasteiger partial charge in [-0.1, -0.05) is 18.6 Å². The molecule has 0 aromatic heterocycles. The van der Waals surface area contributed by atoms with E-state index >= 15 is 0 Å². The van der Waals surface area contributed by atoms with E-state index in [1.807, 2.05) is 12.1 Å². The molecule has 1 N–H and O–H groups in total. The molecule has 1 atom stereocenters. The van der Waals surface area contributed by atoms with Gasteiger partial charge in [-0.15, -0.1) is 0 Å². The zero-order chi connectivity index (χ0) is 14.8. The molecule has 2 rings (SSSR count). The molecule has 1 aromatic carbocycles. The second-order valence-corrected chi connectivity index (χ2v) is 7.94. The van der Waals surface area contributed by atoms with E-state index in [-0.39, 0.29) is 6.04 Å². The molecule has 4 nitrogen and oxygen atoms in total. The van der Waals surface area contributed by atoms with E-state index in [9.17, 15) is 8.42 Å². The van der Waals surface area contributed by atoms with E-state index in [0.29, 0.717) is 4.90 Å². The lowest BCUT2D eigenvalue weighted by Gasteiger charge is -2.27. The SMILES string of the molecule is CC(NCC1CCC1)c1ccc(S(=O)(=O)N(C)C)cc1. The summed E-state index contributed by atoms with van der Waals surface area (Å²) in [5.74, 6) is 0.825. The number of nitrogens with zero attached hydrogens (tertiary/aromatic N) is 1. The van der Waals surface area contributed by atoms with Crippen LogP contribution in [0.25, 0.3) is 0 Å². The lowest BCUT2D eigenvalue weighted by atomic mass is 9.85. The molecule has 0 heterocycles. The molecule has 1 saturated carbocycles. The lowest BCUT2D eigenvalue weighted by Crippen LogP contribution is -2.29. The molecule has 0 saturated heterocycles. The van der Waals surface area contributed by atoms with Gasteiger partial charge in [0, 0.05) is 20.1 Å². The zero-order valence-electron chi connectivity index (χ0n) is 12.5. The van der Waals surface area contributed by atoms with Gasteiger partial charge < -0.3 is 5.32 Å². The Kier molecular flexibility index (Phi) is 4.83. The van der Waals surface area contributed by atoms with E-state index in [4.69, 9.17) is 0 Å². The second-order valence-electron chi connectivity index (χ2n) is 5.78. The van der Waals surface area contributed by atoms with Crippen molar-refractivity contribution in [3.8, 4) is 0 Å². The number of rotatable bonds is 6. The largest absolute Gasteiger partial charge is 0.310 e. The Morgan fingerprint density at radius 1 is 1.25 bits per heavy atom. The summed E-state index contributed by atoms with van der Waals surface area (Å²) in [5.41, 5.74) is 1.13. The third-order valence-electron chi connectivity index (χ3n) is 4.10. The average Bonchev–Trinajstić information content (AvgIpc) is 2.36. The molecule has 1 aromatic rings. The van der Waals surface area contributed by atoms with Crippen LogP contribution in [0.3, 0.4) is 0 Å². The third kappa shape index (κ3) is 3.40. The highest BCUT2D eigenvalue weighted by molar-refractivity contribution is 7.89. The summed E-state index contributed by atoms with van der Waals surface area (Å²) in [7, 11) is -0.232. The van der Waals surface area contributed by atoms with Crippen LogP contribution >= 0.6 is 0 Å². The first-order valence-electron chi connectivity index (χ1n) is 7.17. The molecular formula is C15H24N2O2S. The molecule has 20 heavy (non-hydrogen) atoms. The van der Waals surface area contributed by atoms with Crippen molar-refractivity contribution in [1.82, 2.24) is 9.62 Å². The minimum atomic E-state index is -3.33. The summed E-state index contributed by atoms with van der Waals surface area (Å²) in [6.07, 6.45) is 4.03. The van der Waals surface area contributed by atoms with Crippen molar-refractivity contribution < 1.29 is 8.42 Å². The predicted molar refractivity (Wildman–Crippen MR) is 81.1 cm³/mol. The monoisotopic (exact) mass is 296 g/mol. The molecule has 0 radical (unpaired) electrons. The highest BCUT2D eigenvalue weighted by Gasteiger charge is 2.19. The second kappa shape index (κ2) is 6.24. The highest BCUT2D eigenvalue weighted by Crippen LogP contribution is 2.26. The fourth-order valence-corrected chi connectivity index (χ4v) is 3.20. The summed E-state index contributed by atoms with van der Waals surface area (Å²) in [6.45, 7) is 3.17. The molecule has 1 unspecified atom stereocenters. The first kappa shape index (κ1) is 15.5. The molecule has 1 fully saturated rings. The van der Waals surface area contributed by atoms with Crippen molar-refractivity contribution in [2.45, 2.75) is 37.1 Å². The van der Waals surface area contributed by atoms with E-state index in [1.165, 1.54) is 23.6 Å². The fourth-order valence-electron chi connectivity index (χ4n) is 2.30. The Bertz CT molecular complexity index is 533. The molecule has 1 aliphatic rings. The van der Waals surface area contributed by atoms with Gasteiger partial charge >= 0.3 is 0 Å². The lowest BCUT2D eigenvalue weighted by molar-refractivity contribution is 0.292. The van der Waals surface area contributed by atoms with Crippen molar-refractivity contribution in [2.75, 3.05) is 20.6 Å². The number of benzene rings is 1. The predicted octanol–water partition coefficient (Wildman–Crippen LogP) is 2.39. The highest BCUT2D eigenvalue weighted by atomic mass is 32.2. The maximum atomic E-state index is 12.0. The number of hydrogen-bond acceptors (Lipinski definition) is 3. The van der Waals surface area contributed by atoms with Gasteiger partial charge in [0.15, 0.2) is 0 Å². The first-order valence-corrected chi connectivity index (χ1v) is 8.61. The normalized spacial score (nSPS) is 18.0. The zero-order valence-corrected chi connectivity index (χ0v) is 13.3. The summed E-state index contributed by atoms with van der Waals surface area (Å²) < 4.78 is 25.2. The quantitative estimate of drug-likeness (QED) is 0.877. The molecular weight excluding hydrogens is 272 g/mol. The van der Waals surface area contributed by atoms with Crippen LogP contribution in [0, 0.1) is 5.92 Å². The van der Waals surface area contributed by atoms with Gasteiger partial charge in [0.25, 0.3) is 0 Å². The van der Waals surface area contributed by atoms with Crippen LogP contribution in [0.5, 0.6) is 0 Å². The van der Waals surface area contributed by atoms with Gasteiger partial charge in [-0.2, -0.15) is 0 Å². The molecule has 112 valence electrons. The smallest absolute Gasteiger partial charge is 0.242 e. The number of sulfonamides is 1. The Labute approximate surface area is 122 Å². The summed E-state index contributed by atoms with van der Waals surface area (Å²) in [6, 6.07) is 7.42. The van der Waals surface area contributed by atoms with Crippen molar-refractivity contribution in [3.05, 3.63) is 29.8 Å². The summed E-state index contributed by atoms with van der Waals surface area (Å²) in [4.78, 5) is 0.345. The van der Waals surface area contributed by atoms with Gasteiger partial charge in [0.05, 0.1) is 4.90 Å². The van der Waals surface area contributed by atoms with Crippen molar-refractivity contribution in [3.63, 3.8) is 0 Å². The summed E-state index contributed by atoms with van der Waals surface area (Å²) >= 11 is 0. The third-order valence-corrected chi connectivity index (χ3v) is 5.93. The van der Waals surface area contributed by atoms with Crippen LogP contribution in [0.1, 0.15) is 37.8 Å². The van der Waals surface area contributed by atoms with Gasteiger partial charge in [-0.3, -0.25) is 0 Å². The van der Waals surface area contributed by atoms with E-state index in [0.717, 1.165) is 18.0 Å². The average molecular weight is 296 g/mol. The minimum Gasteiger partial charge on any atom is -0.310 e. The molecule has 5 heteroatoms. The standard InChI is InChI=1S/C15H24N2O2S/c1-12(16-11-13-5-4-6-13)14-7-9-15(10-8-14)20(18,19)17(2)3/h7-10,12-13,16H,4-6,11H2,1-3H3. The van der Waals surface area contributed by atoms with Gasteiger partial charge in [-0.25, -0.2) is 12.7 Å². The van der Waals surface area contributed by atoms with Gasteiger partial charge in [0.1, 0.15) is 0 Å². The molecule has 1 aliphatic carbocycles. The van der Waals surface area contributed by atoms with E-state index in [2.05, 4.69) is 12.2 Å². The van der Waals surface area contributed by atoms with Crippen molar-refractivity contribution in [1.29, 1.82) is 0 Å². The minimum absolute atomic E-state index is 0.256. The Morgan fingerprint density at radius 3 is 2.30 bits per heavy atom. The summed E-state index contributed by atoms with van der Waals surface area (Å²) in [5, 5.41) is 3.52. The van der Waals surface area contributed by atoms with E-state index < -0.39 is 10.0 Å². The van der Waals surface area contributed by atoms with Gasteiger partial charge in [-0.05, 0) is 49.9 Å². The molecule has 0 aliphatic heterocycles. The van der Waals surface area contributed by atoms with E-state index in [1.54, 1.807) is 26.2 Å². The molecule has 0 bridgehead atoms. The number of hydrogen-bond donors (Lipinski definition) is 1. The molecule has 0 spiro atoms. The Hall–Kier alpha value is -0.910. The fraction of sp³-hybridized carbons (Fsp3) is 0.600. The van der Waals surface area contributed by atoms with Crippen LogP contribution in [0.15, 0.2) is 29.2 Å². The van der Waals surface area contributed by atoms with Crippen LogP contribution in [0.4, 0.5) is 0 Å². The first-order chi connectivity index (χ1) is 9.41. The number of nitrogens with one attached hydrogen (secondary N) is 1. The van der Waals surface area contributed by atoms with Crippen LogP contribution in [0.2, 0.25) is 0 Å². The maximum absolute atomic E-state index is 12.0. The van der Waals surface area contributed by atoms with Crippen LogP contribution < -0.4 is 5.32 Å². The van der Waals surface area contributed by atoms with Crippen molar-refractivity contribution >= 4 is 10.0 Å².